The number of benzene rings is 1. The summed E-state index contributed by atoms with van der Waals surface area (Å²) in [5.74, 6) is 0. The van der Waals surface area contributed by atoms with Gasteiger partial charge in [-0.2, -0.15) is 0 Å². The monoisotopic (exact) mass is 362 g/mol. The van der Waals surface area contributed by atoms with Gasteiger partial charge in [0.2, 0.25) is 0 Å². The second-order valence-electron chi connectivity index (χ2n) is 6.51. The van der Waals surface area contributed by atoms with Crippen molar-refractivity contribution >= 4 is 17.3 Å². The molecule has 0 unspecified atom stereocenters. The molecule has 2 aromatic heterocycles. The second kappa shape index (κ2) is 7.30. The molecule has 2 atom stereocenters. The largest absolute Gasteiger partial charge is 0.352 e. The van der Waals surface area contributed by atoms with Crippen molar-refractivity contribution in [2.75, 3.05) is 6.54 Å². The molecule has 0 saturated carbocycles. The Morgan fingerprint density at radius 1 is 1.08 bits per heavy atom. The minimum Gasteiger partial charge on any atom is -0.352 e. The summed E-state index contributed by atoms with van der Waals surface area (Å²) in [6.45, 7) is 3.11. The van der Waals surface area contributed by atoms with Crippen LogP contribution in [-0.2, 0) is 0 Å². The number of nitrogens with zero attached hydrogens (tertiary/aromatic N) is 3. The Morgan fingerprint density at radius 3 is 2.62 bits per heavy atom. The molecular formula is C21H22N4S. The Morgan fingerprint density at radius 2 is 1.88 bits per heavy atom. The van der Waals surface area contributed by atoms with Crippen LogP contribution >= 0.6 is 12.2 Å². The predicted octanol–water partition coefficient (Wildman–Crippen LogP) is 4.25. The van der Waals surface area contributed by atoms with Crippen molar-refractivity contribution in [3.05, 3.63) is 84.4 Å². The molecule has 4 rings (SSSR count). The summed E-state index contributed by atoms with van der Waals surface area (Å²) < 4.78 is 2.16. The van der Waals surface area contributed by atoms with Crippen molar-refractivity contribution < 1.29 is 0 Å². The number of nitrogens with one attached hydrogen (secondary N) is 1. The molecule has 132 valence electrons. The maximum atomic E-state index is 5.64. The van der Waals surface area contributed by atoms with Crippen molar-refractivity contribution in [2.24, 2.45) is 0 Å². The standard InChI is InChI=1S/C21H22N4S/c1-2-13-25-20(19(23-21(25)26)18-10-6-7-12-22-18)16-11-14-24(15-16)17-8-4-3-5-9-17/h3-12,14-15,19-20H,2,13H2,1H3,(H,23,26)/t19-,20+/m1/s1. The first-order chi connectivity index (χ1) is 12.8. The Kier molecular flexibility index (Phi) is 4.71. The van der Waals surface area contributed by atoms with Crippen LogP contribution in [0, 0.1) is 0 Å². The summed E-state index contributed by atoms with van der Waals surface area (Å²) in [7, 11) is 0. The van der Waals surface area contributed by atoms with Crippen LogP contribution in [0.25, 0.3) is 5.69 Å². The minimum atomic E-state index is 0.0573. The molecule has 1 saturated heterocycles. The van der Waals surface area contributed by atoms with Crippen LogP contribution in [-0.4, -0.2) is 26.1 Å². The molecule has 3 aromatic rings. The van der Waals surface area contributed by atoms with Gasteiger partial charge >= 0.3 is 0 Å². The van der Waals surface area contributed by atoms with E-state index in [4.69, 9.17) is 12.2 Å². The van der Waals surface area contributed by atoms with Gasteiger partial charge in [-0.25, -0.2) is 0 Å². The van der Waals surface area contributed by atoms with Gasteiger partial charge in [-0.1, -0.05) is 31.2 Å². The Hall–Kier alpha value is -2.66. The van der Waals surface area contributed by atoms with E-state index in [9.17, 15) is 0 Å². The topological polar surface area (TPSA) is 33.1 Å². The van der Waals surface area contributed by atoms with Gasteiger partial charge in [-0.15, -0.1) is 0 Å². The quantitative estimate of drug-likeness (QED) is 0.688. The highest BCUT2D eigenvalue weighted by Gasteiger charge is 2.39. The lowest BCUT2D eigenvalue weighted by Crippen LogP contribution is -2.30. The summed E-state index contributed by atoms with van der Waals surface area (Å²) in [5.41, 5.74) is 3.42. The SMILES string of the molecule is CCCN1C(=S)N[C@H](c2ccccn2)[C@@H]1c1ccn(-c2ccccc2)c1. The fraction of sp³-hybridized carbons (Fsp3) is 0.238. The van der Waals surface area contributed by atoms with Crippen molar-refractivity contribution in [3.63, 3.8) is 0 Å². The summed E-state index contributed by atoms with van der Waals surface area (Å²) in [6, 6.07) is 18.8. The van der Waals surface area contributed by atoms with Crippen LogP contribution < -0.4 is 5.32 Å². The van der Waals surface area contributed by atoms with Gasteiger partial charge in [-0.05, 0) is 54.5 Å². The molecule has 4 nitrogen and oxygen atoms in total. The van der Waals surface area contributed by atoms with Gasteiger partial charge in [0.05, 0.1) is 17.8 Å². The first-order valence-electron chi connectivity index (χ1n) is 8.99. The molecule has 26 heavy (non-hydrogen) atoms. The first-order valence-corrected chi connectivity index (χ1v) is 9.40. The minimum absolute atomic E-state index is 0.0573. The molecule has 0 radical (unpaired) electrons. The normalized spacial score (nSPS) is 19.6. The molecule has 1 aliphatic heterocycles. The zero-order valence-corrected chi connectivity index (χ0v) is 15.6. The van der Waals surface area contributed by atoms with E-state index in [-0.39, 0.29) is 12.1 Å². The molecule has 1 fully saturated rings. The van der Waals surface area contributed by atoms with Gasteiger partial charge < -0.3 is 14.8 Å². The molecule has 0 spiro atoms. The van der Waals surface area contributed by atoms with Crippen molar-refractivity contribution in [2.45, 2.75) is 25.4 Å². The Balaban J connectivity index is 1.72. The third-order valence-corrected chi connectivity index (χ3v) is 5.13. The first kappa shape index (κ1) is 16.8. The fourth-order valence-electron chi connectivity index (χ4n) is 3.60. The average molecular weight is 363 g/mol. The average Bonchev–Trinajstić information content (AvgIpc) is 3.29. The molecule has 0 amide bonds. The van der Waals surface area contributed by atoms with Crippen LogP contribution in [0.5, 0.6) is 0 Å². The zero-order chi connectivity index (χ0) is 17.9. The van der Waals surface area contributed by atoms with Gasteiger partial charge in [-0.3, -0.25) is 4.98 Å². The van der Waals surface area contributed by atoms with E-state index in [1.807, 2.05) is 24.4 Å². The molecule has 5 heteroatoms. The summed E-state index contributed by atoms with van der Waals surface area (Å²) in [5, 5.41) is 4.29. The second-order valence-corrected chi connectivity index (χ2v) is 6.89. The predicted molar refractivity (Wildman–Crippen MR) is 108 cm³/mol. The summed E-state index contributed by atoms with van der Waals surface area (Å²) in [4.78, 5) is 6.87. The lowest BCUT2D eigenvalue weighted by atomic mass is 9.99. The van der Waals surface area contributed by atoms with Gasteiger partial charge in [0, 0.05) is 30.8 Å². The van der Waals surface area contributed by atoms with E-state index in [2.05, 4.69) is 75.5 Å². The van der Waals surface area contributed by atoms with E-state index in [1.54, 1.807) is 0 Å². The molecule has 1 aromatic carbocycles. The van der Waals surface area contributed by atoms with Crippen LogP contribution in [0.3, 0.4) is 0 Å². The van der Waals surface area contributed by atoms with Crippen LogP contribution in [0.1, 0.15) is 36.7 Å². The number of para-hydroxylation sites is 1. The number of rotatable bonds is 5. The highest BCUT2D eigenvalue weighted by atomic mass is 32.1. The van der Waals surface area contributed by atoms with E-state index >= 15 is 0 Å². The Bertz CT molecular complexity index is 875. The van der Waals surface area contributed by atoms with Crippen molar-refractivity contribution in [1.29, 1.82) is 0 Å². The molecule has 1 N–H and O–H groups in total. The van der Waals surface area contributed by atoms with Gasteiger partial charge in [0.15, 0.2) is 5.11 Å². The van der Waals surface area contributed by atoms with Crippen molar-refractivity contribution in [1.82, 2.24) is 19.8 Å². The smallest absolute Gasteiger partial charge is 0.170 e. The van der Waals surface area contributed by atoms with E-state index in [0.717, 1.165) is 29.5 Å². The summed E-state index contributed by atoms with van der Waals surface area (Å²) in [6.07, 6.45) is 7.21. The van der Waals surface area contributed by atoms with Gasteiger partial charge in [0.1, 0.15) is 0 Å². The third kappa shape index (κ3) is 3.10. The number of pyridine rings is 1. The highest BCUT2D eigenvalue weighted by molar-refractivity contribution is 7.80. The van der Waals surface area contributed by atoms with Crippen molar-refractivity contribution in [3.8, 4) is 5.69 Å². The van der Waals surface area contributed by atoms with Crippen LogP contribution in [0.15, 0.2) is 73.2 Å². The summed E-state index contributed by atoms with van der Waals surface area (Å²) >= 11 is 5.64. The third-order valence-electron chi connectivity index (χ3n) is 4.77. The molecular weight excluding hydrogens is 340 g/mol. The number of hydrogen-bond donors (Lipinski definition) is 1. The Labute approximate surface area is 159 Å². The lowest BCUT2D eigenvalue weighted by molar-refractivity contribution is 0.318. The molecule has 0 bridgehead atoms. The number of hydrogen-bond acceptors (Lipinski definition) is 2. The van der Waals surface area contributed by atoms with E-state index < -0.39 is 0 Å². The number of aromatic nitrogens is 2. The molecule has 3 heterocycles. The maximum Gasteiger partial charge on any atom is 0.170 e. The fourth-order valence-corrected chi connectivity index (χ4v) is 3.93. The van der Waals surface area contributed by atoms with Crippen LogP contribution in [0.2, 0.25) is 0 Å². The van der Waals surface area contributed by atoms with E-state index in [1.165, 1.54) is 5.56 Å². The van der Waals surface area contributed by atoms with E-state index in [0.29, 0.717) is 0 Å². The van der Waals surface area contributed by atoms with Crippen LogP contribution in [0.4, 0.5) is 0 Å². The van der Waals surface area contributed by atoms with Gasteiger partial charge in [0.25, 0.3) is 0 Å². The molecule has 1 aliphatic rings. The molecule has 0 aliphatic carbocycles. The zero-order valence-electron chi connectivity index (χ0n) is 14.7. The lowest BCUT2D eigenvalue weighted by Gasteiger charge is -2.26. The maximum absolute atomic E-state index is 5.64. The number of thiocarbonyl (C=S) groups is 1. The highest BCUT2D eigenvalue weighted by Crippen LogP contribution is 2.38.